The molecule has 2 rings (SSSR count). The average Bonchev–Trinajstić information content (AvgIpc) is 2.65. The number of benzene rings is 2. The van der Waals surface area contributed by atoms with Gasteiger partial charge >= 0.3 is 0 Å². The molecule has 0 aliphatic carbocycles. The zero-order valence-electron chi connectivity index (χ0n) is 15.5. The van der Waals surface area contributed by atoms with E-state index in [2.05, 4.69) is 57.2 Å². The maximum absolute atomic E-state index is 5.52. The summed E-state index contributed by atoms with van der Waals surface area (Å²) in [5.74, 6) is 0.839. The molecule has 0 bridgehead atoms. The summed E-state index contributed by atoms with van der Waals surface area (Å²) in [5.41, 5.74) is 4.22. The molecule has 0 heterocycles. The van der Waals surface area contributed by atoms with Gasteiger partial charge in [-0.2, -0.15) is 0 Å². The fraction of sp³-hybridized carbons (Fsp3) is 0.455. The van der Waals surface area contributed by atoms with Crippen LogP contribution in [-0.2, 0) is 10.2 Å². The van der Waals surface area contributed by atoms with Gasteiger partial charge in [0.25, 0.3) is 0 Å². The average molecular weight is 326 g/mol. The third kappa shape index (κ3) is 4.18. The van der Waals surface area contributed by atoms with E-state index in [0.717, 1.165) is 5.75 Å². The van der Waals surface area contributed by atoms with Crippen LogP contribution >= 0.6 is 0 Å². The van der Waals surface area contributed by atoms with Gasteiger partial charge < -0.3 is 9.47 Å². The molecule has 0 atom stereocenters. The fourth-order valence-electron chi connectivity index (χ4n) is 3.32. The largest absolute Gasteiger partial charge is 0.468 e. The molecular weight excluding hydrogens is 296 g/mol. The van der Waals surface area contributed by atoms with Crippen molar-refractivity contribution in [2.45, 2.75) is 52.4 Å². The van der Waals surface area contributed by atoms with Gasteiger partial charge in [0.2, 0.25) is 0 Å². The Labute approximate surface area is 146 Å². The van der Waals surface area contributed by atoms with E-state index in [-0.39, 0.29) is 0 Å². The normalized spacial score (nSPS) is 11.5. The highest BCUT2D eigenvalue weighted by Crippen LogP contribution is 2.36. The second-order valence-corrected chi connectivity index (χ2v) is 6.20. The topological polar surface area (TPSA) is 18.5 Å². The number of rotatable bonds is 9. The smallest absolute Gasteiger partial charge is 0.189 e. The van der Waals surface area contributed by atoms with Crippen LogP contribution in [0.2, 0.25) is 0 Å². The van der Waals surface area contributed by atoms with E-state index in [1.54, 1.807) is 0 Å². The number of hydrogen-bond acceptors (Lipinski definition) is 2. The van der Waals surface area contributed by atoms with Gasteiger partial charge in [0.15, 0.2) is 6.79 Å². The molecule has 0 aliphatic heterocycles. The van der Waals surface area contributed by atoms with Crippen LogP contribution in [0.1, 0.15) is 52.5 Å². The zero-order valence-corrected chi connectivity index (χ0v) is 15.5. The summed E-state index contributed by atoms with van der Waals surface area (Å²) in [5, 5.41) is 0. The Morgan fingerprint density at radius 2 is 1.21 bits per heavy atom. The molecule has 0 fully saturated rings. The Kier molecular flexibility index (Phi) is 6.86. The van der Waals surface area contributed by atoms with Crippen LogP contribution in [0.15, 0.2) is 48.5 Å². The van der Waals surface area contributed by atoms with Crippen molar-refractivity contribution in [3.63, 3.8) is 0 Å². The van der Waals surface area contributed by atoms with Gasteiger partial charge in [0, 0.05) is 6.61 Å². The van der Waals surface area contributed by atoms with E-state index in [1.165, 1.54) is 36.0 Å². The first-order valence-corrected chi connectivity index (χ1v) is 9.10. The van der Waals surface area contributed by atoms with Crippen LogP contribution in [-0.4, -0.2) is 13.4 Å². The summed E-state index contributed by atoms with van der Waals surface area (Å²) < 4.78 is 10.7. The van der Waals surface area contributed by atoms with Gasteiger partial charge in [-0.25, -0.2) is 0 Å². The van der Waals surface area contributed by atoms with E-state index in [0.29, 0.717) is 18.8 Å². The van der Waals surface area contributed by atoms with E-state index < -0.39 is 0 Å². The van der Waals surface area contributed by atoms with Crippen molar-refractivity contribution in [1.82, 2.24) is 0 Å². The molecule has 2 aromatic rings. The van der Waals surface area contributed by atoms with Crippen LogP contribution in [0.3, 0.4) is 0 Å². The third-order valence-corrected chi connectivity index (χ3v) is 5.23. The van der Waals surface area contributed by atoms with E-state index >= 15 is 0 Å². The van der Waals surface area contributed by atoms with Crippen LogP contribution < -0.4 is 4.74 Å². The van der Waals surface area contributed by atoms with Gasteiger partial charge in [-0.1, -0.05) is 57.2 Å². The van der Waals surface area contributed by atoms with Crippen molar-refractivity contribution in [2.24, 2.45) is 0 Å². The van der Waals surface area contributed by atoms with Gasteiger partial charge in [0.05, 0.1) is 0 Å². The molecule has 24 heavy (non-hydrogen) atoms. The maximum Gasteiger partial charge on any atom is 0.189 e. The molecule has 0 aromatic heterocycles. The third-order valence-electron chi connectivity index (χ3n) is 5.23. The molecule has 0 spiro atoms. The van der Waals surface area contributed by atoms with Gasteiger partial charge in [-0.15, -0.1) is 0 Å². The minimum Gasteiger partial charge on any atom is -0.468 e. The predicted octanol–water partition coefficient (Wildman–Crippen LogP) is 6.19. The Hall–Kier alpha value is -1.80. The second kappa shape index (κ2) is 8.89. The summed E-state index contributed by atoms with van der Waals surface area (Å²) >= 11 is 0. The summed E-state index contributed by atoms with van der Waals surface area (Å²) in [4.78, 5) is 0. The van der Waals surface area contributed by atoms with Crippen LogP contribution in [0, 0.1) is 0 Å². The van der Waals surface area contributed by atoms with Crippen LogP contribution in [0.25, 0.3) is 11.1 Å². The molecule has 2 aromatic carbocycles. The highest BCUT2D eigenvalue weighted by molar-refractivity contribution is 5.64. The molecule has 2 nitrogen and oxygen atoms in total. The fourth-order valence-corrected chi connectivity index (χ4v) is 3.32. The molecule has 130 valence electrons. The molecule has 0 saturated heterocycles. The monoisotopic (exact) mass is 326 g/mol. The zero-order chi connectivity index (χ0) is 17.4. The lowest BCUT2D eigenvalue weighted by Crippen LogP contribution is -2.23. The minimum atomic E-state index is 0.303. The first-order valence-electron chi connectivity index (χ1n) is 9.10. The second-order valence-electron chi connectivity index (χ2n) is 6.20. The Bertz CT molecular complexity index is 587. The minimum absolute atomic E-state index is 0.303. The highest BCUT2D eigenvalue weighted by atomic mass is 16.7. The quantitative estimate of drug-likeness (QED) is 0.404. The first-order chi connectivity index (χ1) is 11.7. The molecule has 2 heteroatoms. The standard InChI is InChI=1S/C22H30O2/c1-5-22(6-2,7-3)20-13-9-18(10-14-20)19-11-15-21(16-12-19)24-17-23-8-4/h9-16H,5-8,17H2,1-4H3. The lowest BCUT2D eigenvalue weighted by Gasteiger charge is -2.31. The van der Waals surface area contributed by atoms with Crippen molar-refractivity contribution < 1.29 is 9.47 Å². The van der Waals surface area contributed by atoms with Crippen molar-refractivity contribution in [3.05, 3.63) is 54.1 Å². The Morgan fingerprint density at radius 3 is 1.67 bits per heavy atom. The summed E-state index contributed by atoms with van der Waals surface area (Å²) in [6.07, 6.45) is 3.56. The van der Waals surface area contributed by atoms with Crippen molar-refractivity contribution >= 4 is 0 Å². The van der Waals surface area contributed by atoms with Gasteiger partial charge in [-0.05, 0) is 60.4 Å². The summed E-state index contributed by atoms with van der Waals surface area (Å²) in [7, 11) is 0. The Balaban J connectivity index is 2.13. The number of hydrogen-bond donors (Lipinski definition) is 0. The SMILES string of the molecule is CCOCOc1ccc(-c2ccc(C(CC)(CC)CC)cc2)cc1. The van der Waals surface area contributed by atoms with Crippen molar-refractivity contribution in [3.8, 4) is 16.9 Å². The van der Waals surface area contributed by atoms with E-state index in [9.17, 15) is 0 Å². The molecule has 0 saturated carbocycles. The van der Waals surface area contributed by atoms with Gasteiger partial charge in [0.1, 0.15) is 5.75 Å². The molecule has 0 unspecified atom stereocenters. The van der Waals surface area contributed by atoms with Crippen LogP contribution in [0.5, 0.6) is 5.75 Å². The predicted molar refractivity (Wildman–Crippen MR) is 102 cm³/mol. The van der Waals surface area contributed by atoms with Gasteiger partial charge in [-0.3, -0.25) is 0 Å². The lowest BCUT2D eigenvalue weighted by atomic mass is 9.73. The summed E-state index contributed by atoms with van der Waals surface area (Å²) in [6, 6.07) is 17.3. The van der Waals surface area contributed by atoms with E-state index in [4.69, 9.17) is 9.47 Å². The lowest BCUT2D eigenvalue weighted by molar-refractivity contribution is 0.0224. The van der Waals surface area contributed by atoms with Crippen LogP contribution in [0.4, 0.5) is 0 Å². The maximum atomic E-state index is 5.52. The first kappa shape index (κ1) is 18.5. The number of ether oxygens (including phenoxy) is 2. The van der Waals surface area contributed by atoms with Crippen molar-refractivity contribution in [2.75, 3.05) is 13.4 Å². The molecule has 0 amide bonds. The molecular formula is C22H30O2. The molecule has 0 radical (unpaired) electrons. The Morgan fingerprint density at radius 1 is 0.708 bits per heavy atom. The molecule has 0 aliphatic rings. The highest BCUT2D eigenvalue weighted by Gasteiger charge is 2.25. The molecule has 0 N–H and O–H groups in total. The van der Waals surface area contributed by atoms with Crippen molar-refractivity contribution in [1.29, 1.82) is 0 Å². The van der Waals surface area contributed by atoms with E-state index in [1.807, 2.05) is 19.1 Å². The summed E-state index contributed by atoms with van der Waals surface area (Å²) in [6.45, 7) is 9.81.